The predicted octanol–water partition coefficient (Wildman–Crippen LogP) is 0.810. The summed E-state index contributed by atoms with van der Waals surface area (Å²) in [5.74, 6) is -0.589. The van der Waals surface area contributed by atoms with Crippen LogP contribution in [0, 0.1) is 0 Å². The van der Waals surface area contributed by atoms with E-state index in [4.69, 9.17) is 0 Å². The summed E-state index contributed by atoms with van der Waals surface area (Å²) in [6.07, 6.45) is 3.41. The maximum atomic E-state index is 11.9. The molecule has 2 N–H and O–H groups in total. The maximum absolute atomic E-state index is 11.9. The number of benzene rings is 1. The third-order valence-corrected chi connectivity index (χ3v) is 2.97. The highest BCUT2D eigenvalue weighted by Gasteiger charge is 2.16. The van der Waals surface area contributed by atoms with Crippen molar-refractivity contribution in [3.05, 3.63) is 41.0 Å². The van der Waals surface area contributed by atoms with Crippen LogP contribution in [0.1, 0.15) is 17.5 Å². The van der Waals surface area contributed by atoms with Gasteiger partial charge in [-0.2, -0.15) is 0 Å². The van der Waals surface area contributed by atoms with Crippen LogP contribution in [0.5, 0.6) is 0 Å². The Labute approximate surface area is 111 Å². The lowest BCUT2D eigenvalue weighted by Gasteiger charge is -2.15. The van der Waals surface area contributed by atoms with Gasteiger partial charge in [0.05, 0.1) is 13.7 Å². The predicted molar refractivity (Wildman–Crippen MR) is 70.9 cm³/mol. The van der Waals surface area contributed by atoms with Gasteiger partial charge in [-0.25, -0.2) is 5.48 Å². The summed E-state index contributed by atoms with van der Waals surface area (Å²) in [6.45, 7) is -0.0916. The van der Waals surface area contributed by atoms with Gasteiger partial charge >= 0.3 is 0 Å². The first-order valence-corrected chi connectivity index (χ1v) is 6.09. The zero-order valence-corrected chi connectivity index (χ0v) is 10.7. The Morgan fingerprint density at radius 2 is 2.05 bits per heavy atom. The van der Waals surface area contributed by atoms with Crippen LogP contribution in [0.3, 0.4) is 0 Å². The summed E-state index contributed by atoms with van der Waals surface area (Å²) in [6, 6.07) is 7.99. The normalized spacial score (nSPS) is 13.2. The average molecular weight is 260 g/mol. The fraction of sp³-hybridized carbons (Fsp3) is 0.286. The molecule has 0 atom stereocenters. The molecule has 2 amide bonds. The average Bonchev–Trinajstić information content (AvgIpc) is 2.44. The van der Waals surface area contributed by atoms with E-state index in [0.717, 1.165) is 12.0 Å². The van der Waals surface area contributed by atoms with Crippen LogP contribution in [0.4, 0.5) is 0 Å². The molecular formula is C14H16N2O3. The second-order valence-corrected chi connectivity index (χ2v) is 4.28. The van der Waals surface area contributed by atoms with Crippen LogP contribution in [0.2, 0.25) is 0 Å². The van der Waals surface area contributed by atoms with Crippen molar-refractivity contribution in [2.24, 2.45) is 0 Å². The Morgan fingerprint density at radius 3 is 2.84 bits per heavy atom. The van der Waals surface area contributed by atoms with E-state index in [1.165, 1.54) is 12.7 Å². The molecule has 0 heterocycles. The van der Waals surface area contributed by atoms with Crippen LogP contribution < -0.4 is 10.8 Å². The van der Waals surface area contributed by atoms with Crippen molar-refractivity contribution in [1.82, 2.24) is 10.8 Å². The van der Waals surface area contributed by atoms with E-state index in [1.807, 2.05) is 24.3 Å². The van der Waals surface area contributed by atoms with Gasteiger partial charge in [-0.1, -0.05) is 24.3 Å². The minimum atomic E-state index is -0.382. The molecule has 0 fully saturated rings. The Balaban J connectivity index is 1.98. The number of carbonyl (C=O) groups excluding carboxylic acids is 2. The van der Waals surface area contributed by atoms with Crippen molar-refractivity contribution in [1.29, 1.82) is 0 Å². The number of rotatable bonds is 4. The highest BCUT2D eigenvalue weighted by molar-refractivity contribution is 6.00. The van der Waals surface area contributed by atoms with E-state index in [9.17, 15) is 9.59 Å². The van der Waals surface area contributed by atoms with Gasteiger partial charge in [0, 0.05) is 5.57 Å². The second kappa shape index (κ2) is 6.15. The van der Waals surface area contributed by atoms with Gasteiger partial charge in [0.1, 0.15) is 0 Å². The van der Waals surface area contributed by atoms with Crippen LogP contribution >= 0.6 is 0 Å². The molecule has 1 aliphatic carbocycles. The molecule has 100 valence electrons. The lowest BCUT2D eigenvalue weighted by Crippen LogP contribution is -2.37. The van der Waals surface area contributed by atoms with Crippen molar-refractivity contribution < 1.29 is 14.4 Å². The molecule has 0 radical (unpaired) electrons. The first-order chi connectivity index (χ1) is 9.20. The topological polar surface area (TPSA) is 67.4 Å². The number of carbonyl (C=O) groups is 2. The molecule has 1 aromatic carbocycles. The number of aryl methyl sites for hydroxylation is 1. The number of nitrogens with one attached hydrogen (secondary N) is 2. The van der Waals surface area contributed by atoms with Gasteiger partial charge in [0.25, 0.3) is 5.91 Å². The molecule has 19 heavy (non-hydrogen) atoms. The summed E-state index contributed by atoms with van der Waals surface area (Å²) >= 11 is 0. The van der Waals surface area contributed by atoms with E-state index in [2.05, 4.69) is 21.7 Å². The van der Waals surface area contributed by atoms with Crippen molar-refractivity contribution in [2.75, 3.05) is 13.7 Å². The maximum Gasteiger partial charge on any atom is 0.262 e. The summed E-state index contributed by atoms with van der Waals surface area (Å²) in [4.78, 5) is 27.5. The third-order valence-electron chi connectivity index (χ3n) is 2.97. The Hall–Kier alpha value is -2.14. The Kier molecular flexibility index (Phi) is 4.30. The van der Waals surface area contributed by atoms with Crippen molar-refractivity contribution >= 4 is 17.9 Å². The largest absolute Gasteiger partial charge is 0.343 e. The lowest BCUT2D eigenvalue weighted by molar-refractivity contribution is -0.132. The highest BCUT2D eigenvalue weighted by Crippen LogP contribution is 2.23. The SMILES string of the molecule is CONC(=O)CNC(=O)C1=Cc2ccccc2CC1. The Bertz CT molecular complexity index is 523. The molecule has 5 heteroatoms. The number of hydrogen-bond donors (Lipinski definition) is 2. The second-order valence-electron chi connectivity index (χ2n) is 4.28. The van der Waals surface area contributed by atoms with Crippen LogP contribution in [0.25, 0.3) is 6.08 Å². The van der Waals surface area contributed by atoms with E-state index >= 15 is 0 Å². The molecule has 1 aliphatic rings. The Morgan fingerprint density at radius 1 is 1.26 bits per heavy atom. The van der Waals surface area contributed by atoms with E-state index in [0.29, 0.717) is 12.0 Å². The summed E-state index contributed by atoms with van der Waals surface area (Å²) < 4.78 is 0. The first kappa shape index (κ1) is 13.3. The molecule has 0 unspecified atom stereocenters. The minimum Gasteiger partial charge on any atom is -0.343 e. The number of hydrogen-bond acceptors (Lipinski definition) is 3. The molecule has 0 saturated carbocycles. The minimum absolute atomic E-state index is 0.0916. The molecule has 2 rings (SSSR count). The molecule has 0 saturated heterocycles. The molecule has 0 bridgehead atoms. The number of hydroxylamine groups is 1. The summed E-state index contributed by atoms with van der Waals surface area (Å²) in [5.41, 5.74) is 5.16. The highest BCUT2D eigenvalue weighted by atomic mass is 16.6. The smallest absolute Gasteiger partial charge is 0.262 e. The molecule has 5 nitrogen and oxygen atoms in total. The lowest BCUT2D eigenvalue weighted by atomic mass is 9.92. The number of fused-ring (bicyclic) bond motifs is 1. The van der Waals surface area contributed by atoms with Crippen LogP contribution in [-0.4, -0.2) is 25.5 Å². The molecule has 0 aliphatic heterocycles. The van der Waals surface area contributed by atoms with Crippen LogP contribution in [0.15, 0.2) is 29.8 Å². The van der Waals surface area contributed by atoms with Crippen LogP contribution in [-0.2, 0) is 20.8 Å². The van der Waals surface area contributed by atoms with Gasteiger partial charge in [0.2, 0.25) is 5.91 Å². The monoisotopic (exact) mass is 260 g/mol. The van der Waals surface area contributed by atoms with Gasteiger partial charge in [-0.15, -0.1) is 0 Å². The quantitative estimate of drug-likeness (QED) is 0.787. The molecule has 1 aromatic rings. The summed E-state index contributed by atoms with van der Waals surface area (Å²) in [7, 11) is 1.35. The first-order valence-electron chi connectivity index (χ1n) is 6.09. The van der Waals surface area contributed by atoms with E-state index < -0.39 is 0 Å². The standard InChI is InChI=1S/C14H16N2O3/c1-19-16-13(17)9-15-14(18)12-7-6-10-4-2-3-5-11(10)8-12/h2-5,8H,6-7,9H2,1H3,(H,15,18)(H,16,17). The van der Waals surface area contributed by atoms with Crippen molar-refractivity contribution in [2.45, 2.75) is 12.8 Å². The van der Waals surface area contributed by atoms with E-state index in [-0.39, 0.29) is 18.4 Å². The number of amides is 2. The van der Waals surface area contributed by atoms with Gasteiger partial charge in [0.15, 0.2) is 0 Å². The fourth-order valence-corrected chi connectivity index (χ4v) is 2.03. The molecule has 0 aromatic heterocycles. The third kappa shape index (κ3) is 3.42. The zero-order chi connectivity index (χ0) is 13.7. The summed E-state index contributed by atoms with van der Waals surface area (Å²) in [5, 5.41) is 2.57. The fourth-order valence-electron chi connectivity index (χ4n) is 2.03. The van der Waals surface area contributed by atoms with Gasteiger partial charge < -0.3 is 5.32 Å². The van der Waals surface area contributed by atoms with E-state index in [1.54, 1.807) is 0 Å². The van der Waals surface area contributed by atoms with Crippen molar-refractivity contribution in [3.63, 3.8) is 0 Å². The van der Waals surface area contributed by atoms with Crippen molar-refractivity contribution in [3.8, 4) is 0 Å². The zero-order valence-electron chi connectivity index (χ0n) is 10.7. The molecular weight excluding hydrogens is 244 g/mol. The van der Waals surface area contributed by atoms with Gasteiger partial charge in [-0.05, 0) is 30.0 Å². The van der Waals surface area contributed by atoms with Gasteiger partial charge in [-0.3, -0.25) is 14.4 Å². The molecule has 0 spiro atoms.